The first kappa shape index (κ1) is 19.8. The van der Waals surface area contributed by atoms with E-state index in [-0.39, 0.29) is 5.91 Å². The molecule has 3 heterocycles. The zero-order valence-electron chi connectivity index (χ0n) is 16.7. The van der Waals surface area contributed by atoms with Gasteiger partial charge in [-0.15, -0.1) is 11.3 Å². The third-order valence-corrected chi connectivity index (χ3v) is 5.59. The number of amides is 1. The molecular formula is C22H21N5O2S. The maximum atomic E-state index is 12.4. The number of nitrogens with one attached hydrogen (secondary N) is 1. The van der Waals surface area contributed by atoms with Crippen LogP contribution in [0.4, 0.5) is 0 Å². The van der Waals surface area contributed by atoms with E-state index in [1.807, 2.05) is 54.1 Å². The summed E-state index contributed by atoms with van der Waals surface area (Å²) in [5, 5.41) is 7.72. The normalized spacial score (nSPS) is 10.7. The first-order chi connectivity index (χ1) is 14.7. The maximum absolute atomic E-state index is 12.4. The predicted octanol–water partition coefficient (Wildman–Crippen LogP) is 3.82. The Labute approximate surface area is 178 Å². The number of aromatic nitrogens is 4. The molecule has 0 saturated heterocycles. The highest BCUT2D eigenvalue weighted by Gasteiger charge is 2.14. The monoisotopic (exact) mass is 419 g/mol. The summed E-state index contributed by atoms with van der Waals surface area (Å²) in [5.74, 6) is 0.662. The molecule has 3 aromatic heterocycles. The Morgan fingerprint density at radius 2 is 2.07 bits per heavy atom. The van der Waals surface area contributed by atoms with Gasteiger partial charge in [-0.1, -0.05) is 12.1 Å². The van der Waals surface area contributed by atoms with Crippen molar-refractivity contribution in [1.82, 2.24) is 25.1 Å². The van der Waals surface area contributed by atoms with Crippen molar-refractivity contribution in [3.05, 3.63) is 70.9 Å². The minimum atomic E-state index is -0.113. The Morgan fingerprint density at radius 1 is 1.20 bits per heavy atom. The van der Waals surface area contributed by atoms with E-state index in [2.05, 4.69) is 15.3 Å². The molecule has 0 aliphatic rings. The highest BCUT2D eigenvalue weighted by molar-refractivity contribution is 7.11. The van der Waals surface area contributed by atoms with E-state index in [0.29, 0.717) is 18.0 Å². The number of thiazole rings is 1. The molecule has 1 aromatic carbocycles. The molecule has 0 unspecified atom stereocenters. The van der Waals surface area contributed by atoms with Gasteiger partial charge in [0.1, 0.15) is 10.6 Å². The van der Waals surface area contributed by atoms with Crippen LogP contribution in [-0.2, 0) is 6.54 Å². The summed E-state index contributed by atoms with van der Waals surface area (Å²) in [6.45, 7) is 2.80. The molecule has 0 atom stereocenters. The van der Waals surface area contributed by atoms with E-state index in [0.717, 1.165) is 34.0 Å². The molecule has 30 heavy (non-hydrogen) atoms. The number of pyridine rings is 1. The number of nitrogens with zero attached hydrogens (tertiary/aromatic N) is 4. The lowest BCUT2D eigenvalue weighted by atomic mass is 10.1. The molecule has 1 amide bonds. The van der Waals surface area contributed by atoms with Gasteiger partial charge in [0.15, 0.2) is 0 Å². The lowest BCUT2D eigenvalue weighted by molar-refractivity contribution is 0.0955. The minimum Gasteiger partial charge on any atom is -0.497 e. The van der Waals surface area contributed by atoms with Gasteiger partial charge in [0, 0.05) is 30.1 Å². The number of methoxy groups -OCH3 is 1. The van der Waals surface area contributed by atoms with Crippen LogP contribution in [0.2, 0.25) is 0 Å². The van der Waals surface area contributed by atoms with E-state index in [9.17, 15) is 4.79 Å². The largest absolute Gasteiger partial charge is 0.497 e. The van der Waals surface area contributed by atoms with Crippen LogP contribution in [0.3, 0.4) is 0 Å². The van der Waals surface area contributed by atoms with Gasteiger partial charge in [-0.25, -0.2) is 4.98 Å². The summed E-state index contributed by atoms with van der Waals surface area (Å²) < 4.78 is 7.27. The summed E-state index contributed by atoms with van der Waals surface area (Å²) in [4.78, 5) is 21.3. The second-order valence-corrected chi connectivity index (χ2v) is 7.49. The first-order valence-electron chi connectivity index (χ1n) is 9.46. The van der Waals surface area contributed by atoms with Crippen molar-refractivity contribution in [2.24, 2.45) is 0 Å². The fourth-order valence-corrected chi connectivity index (χ4v) is 3.85. The highest BCUT2D eigenvalue weighted by Crippen LogP contribution is 2.28. The SMILES string of the molecule is COc1cccc(-c2cc(-c3cccnc3)nn2CCNC(=O)c2scnc2C)c1. The number of aryl methyl sites for hydroxylation is 1. The van der Waals surface area contributed by atoms with Crippen LogP contribution in [0.15, 0.2) is 60.4 Å². The molecule has 0 saturated carbocycles. The maximum Gasteiger partial charge on any atom is 0.263 e. The fraction of sp³-hybridized carbons (Fsp3) is 0.182. The van der Waals surface area contributed by atoms with E-state index in [4.69, 9.17) is 9.84 Å². The Bertz CT molecular complexity index is 1150. The average molecular weight is 420 g/mol. The third kappa shape index (κ3) is 4.23. The molecule has 152 valence electrons. The van der Waals surface area contributed by atoms with E-state index >= 15 is 0 Å². The number of carbonyl (C=O) groups excluding carboxylic acids is 1. The quantitative estimate of drug-likeness (QED) is 0.493. The second-order valence-electron chi connectivity index (χ2n) is 6.63. The van der Waals surface area contributed by atoms with Gasteiger partial charge < -0.3 is 10.1 Å². The minimum absolute atomic E-state index is 0.113. The van der Waals surface area contributed by atoms with Gasteiger partial charge in [-0.2, -0.15) is 5.10 Å². The smallest absolute Gasteiger partial charge is 0.263 e. The van der Waals surface area contributed by atoms with Crippen molar-refractivity contribution in [2.45, 2.75) is 13.5 Å². The second kappa shape index (κ2) is 8.87. The van der Waals surface area contributed by atoms with Gasteiger partial charge in [0.05, 0.1) is 36.2 Å². The Kier molecular flexibility index (Phi) is 5.85. The Morgan fingerprint density at radius 3 is 2.80 bits per heavy atom. The van der Waals surface area contributed by atoms with Crippen LogP contribution in [0.25, 0.3) is 22.5 Å². The van der Waals surface area contributed by atoms with Crippen molar-refractivity contribution in [3.63, 3.8) is 0 Å². The lowest BCUT2D eigenvalue weighted by Crippen LogP contribution is -2.27. The standard InChI is InChI=1S/C22H21N5O2S/c1-15-21(30-14-25-15)22(28)24-9-10-27-20(16-5-3-7-18(11-16)29-2)12-19(26-27)17-6-4-8-23-13-17/h3-8,11-14H,9-10H2,1-2H3,(H,24,28). The molecule has 0 aliphatic carbocycles. The molecule has 0 bridgehead atoms. The molecule has 1 N–H and O–H groups in total. The zero-order valence-corrected chi connectivity index (χ0v) is 17.5. The van der Waals surface area contributed by atoms with Crippen molar-refractivity contribution in [2.75, 3.05) is 13.7 Å². The molecule has 0 radical (unpaired) electrons. The number of hydrogen-bond donors (Lipinski definition) is 1. The molecule has 4 rings (SSSR count). The van der Waals surface area contributed by atoms with Crippen LogP contribution >= 0.6 is 11.3 Å². The first-order valence-corrected chi connectivity index (χ1v) is 10.3. The molecular weight excluding hydrogens is 398 g/mol. The van der Waals surface area contributed by atoms with Gasteiger partial charge in [0.25, 0.3) is 5.91 Å². The fourth-order valence-electron chi connectivity index (χ4n) is 3.13. The molecule has 4 aromatic rings. The summed E-state index contributed by atoms with van der Waals surface area (Å²) in [5.41, 5.74) is 6.11. The van der Waals surface area contributed by atoms with Crippen LogP contribution in [0, 0.1) is 6.92 Å². The highest BCUT2D eigenvalue weighted by atomic mass is 32.1. The van der Waals surface area contributed by atoms with Gasteiger partial charge in [-0.05, 0) is 37.3 Å². The number of ether oxygens (including phenoxy) is 1. The van der Waals surface area contributed by atoms with Crippen molar-refractivity contribution in [3.8, 4) is 28.3 Å². The van der Waals surface area contributed by atoms with Crippen LogP contribution in [0.1, 0.15) is 15.4 Å². The zero-order chi connectivity index (χ0) is 20.9. The average Bonchev–Trinajstić information content (AvgIpc) is 3.41. The predicted molar refractivity (Wildman–Crippen MR) is 117 cm³/mol. The Balaban J connectivity index is 1.59. The van der Waals surface area contributed by atoms with Crippen LogP contribution < -0.4 is 10.1 Å². The van der Waals surface area contributed by atoms with Crippen molar-refractivity contribution in [1.29, 1.82) is 0 Å². The van der Waals surface area contributed by atoms with Gasteiger partial charge >= 0.3 is 0 Å². The van der Waals surface area contributed by atoms with Gasteiger partial charge in [0.2, 0.25) is 0 Å². The Hall–Kier alpha value is -3.52. The summed E-state index contributed by atoms with van der Waals surface area (Å²) in [6.07, 6.45) is 3.52. The topological polar surface area (TPSA) is 81.9 Å². The van der Waals surface area contributed by atoms with E-state index in [1.165, 1.54) is 11.3 Å². The summed E-state index contributed by atoms with van der Waals surface area (Å²) in [7, 11) is 1.65. The van der Waals surface area contributed by atoms with Crippen molar-refractivity contribution < 1.29 is 9.53 Å². The third-order valence-electron chi connectivity index (χ3n) is 4.66. The molecule has 7 nitrogen and oxygen atoms in total. The van der Waals surface area contributed by atoms with Crippen LogP contribution in [-0.4, -0.2) is 39.3 Å². The summed E-state index contributed by atoms with van der Waals surface area (Å²) in [6, 6.07) is 13.7. The molecule has 0 aliphatic heterocycles. The molecule has 8 heteroatoms. The van der Waals surface area contributed by atoms with Crippen LogP contribution in [0.5, 0.6) is 5.75 Å². The van der Waals surface area contributed by atoms with E-state index in [1.54, 1.807) is 25.0 Å². The molecule has 0 spiro atoms. The lowest BCUT2D eigenvalue weighted by Gasteiger charge is -2.09. The number of rotatable bonds is 7. The van der Waals surface area contributed by atoms with Gasteiger partial charge in [-0.3, -0.25) is 14.5 Å². The molecule has 0 fully saturated rings. The number of hydrogen-bond acceptors (Lipinski definition) is 6. The van der Waals surface area contributed by atoms with E-state index < -0.39 is 0 Å². The number of carbonyl (C=O) groups is 1. The number of benzene rings is 1. The summed E-state index contributed by atoms with van der Waals surface area (Å²) >= 11 is 1.34. The van der Waals surface area contributed by atoms with Crippen molar-refractivity contribution >= 4 is 17.2 Å².